The van der Waals surface area contributed by atoms with Crippen LogP contribution in [0.15, 0.2) is 47.5 Å². The predicted molar refractivity (Wildman–Crippen MR) is 97.9 cm³/mol. The van der Waals surface area contributed by atoms with Crippen LogP contribution in [0.2, 0.25) is 0 Å². The highest BCUT2D eigenvalue weighted by molar-refractivity contribution is 7.80. The second kappa shape index (κ2) is 6.94. The van der Waals surface area contributed by atoms with Crippen LogP contribution in [0, 0.1) is 0 Å². The highest BCUT2D eigenvalue weighted by Crippen LogP contribution is 2.24. The number of thiocarbonyl (C=S) groups is 1. The van der Waals surface area contributed by atoms with Gasteiger partial charge < -0.3 is 10.1 Å². The topological polar surface area (TPSA) is 58.6 Å². The molecule has 0 unspecified atom stereocenters. The van der Waals surface area contributed by atoms with E-state index in [1.807, 2.05) is 17.5 Å². The van der Waals surface area contributed by atoms with Crippen LogP contribution in [0.1, 0.15) is 22.2 Å². The molecule has 1 N–H and O–H groups in total. The SMILES string of the molecule is CCOC(=O)c1ccc(N2C(=O)C(=Cc3cccs3)NC2=S)cc1. The minimum atomic E-state index is -0.393. The maximum absolute atomic E-state index is 12.6. The zero-order chi connectivity index (χ0) is 17.1. The molecule has 1 aromatic heterocycles. The Morgan fingerprint density at radius 1 is 1.33 bits per heavy atom. The molecule has 1 fully saturated rings. The molecule has 122 valence electrons. The number of thiophene rings is 1. The van der Waals surface area contributed by atoms with Gasteiger partial charge in [0.05, 0.1) is 17.9 Å². The summed E-state index contributed by atoms with van der Waals surface area (Å²) in [7, 11) is 0. The predicted octanol–water partition coefficient (Wildman–Crippen LogP) is 3.19. The molecule has 0 aliphatic carbocycles. The molecular formula is C17H14N2O3S2. The number of nitrogens with one attached hydrogen (secondary N) is 1. The fourth-order valence-electron chi connectivity index (χ4n) is 2.25. The normalized spacial score (nSPS) is 15.7. The fraction of sp³-hybridized carbons (Fsp3) is 0.118. The van der Waals surface area contributed by atoms with Gasteiger partial charge in [-0.25, -0.2) is 4.79 Å². The average Bonchev–Trinajstić information content (AvgIpc) is 3.17. The van der Waals surface area contributed by atoms with Crippen LogP contribution in [-0.2, 0) is 9.53 Å². The molecule has 1 aromatic carbocycles. The second-order valence-corrected chi connectivity index (χ2v) is 6.28. The monoisotopic (exact) mass is 358 g/mol. The number of esters is 1. The Balaban J connectivity index is 1.83. The largest absolute Gasteiger partial charge is 0.462 e. The van der Waals surface area contributed by atoms with Gasteiger partial charge in [-0.1, -0.05) is 6.07 Å². The summed E-state index contributed by atoms with van der Waals surface area (Å²) < 4.78 is 4.95. The van der Waals surface area contributed by atoms with E-state index < -0.39 is 5.97 Å². The van der Waals surface area contributed by atoms with Gasteiger partial charge in [0.2, 0.25) is 0 Å². The number of anilines is 1. The molecule has 24 heavy (non-hydrogen) atoms. The zero-order valence-electron chi connectivity index (χ0n) is 12.8. The summed E-state index contributed by atoms with van der Waals surface area (Å²) in [4.78, 5) is 26.6. The molecule has 2 aromatic rings. The Hall–Kier alpha value is -2.51. The lowest BCUT2D eigenvalue weighted by molar-refractivity contribution is -0.113. The summed E-state index contributed by atoms with van der Waals surface area (Å²) in [5.41, 5.74) is 1.46. The van der Waals surface area contributed by atoms with Gasteiger partial charge in [-0.15, -0.1) is 11.3 Å². The third-order valence-corrected chi connectivity index (χ3v) is 4.45. The van der Waals surface area contributed by atoms with Crippen molar-refractivity contribution >= 4 is 52.3 Å². The summed E-state index contributed by atoms with van der Waals surface area (Å²) in [5.74, 6) is -0.618. The van der Waals surface area contributed by atoms with E-state index in [-0.39, 0.29) is 5.91 Å². The van der Waals surface area contributed by atoms with Crippen molar-refractivity contribution in [3.8, 4) is 0 Å². The van der Waals surface area contributed by atoms with Crippen molar-refractivity contribution in [1.29, 1.82) is 0 Å². The van der Waals surface area contributed by atoms with E-state index in [1.165, 1.54) is 16.2 Å². The van der Waals surface area contributed by atoms with Crippen LogP contribution in [0.3, 0.4) is 0 Å². The number of rotatable bonds is 4. The van der Waals surface area contributed by atoms with Crippen molar-refractivity contribution in [1.82, 2.24) is 5.32 Å². The van der Waals surface area contributed by atoms with E-state index in [0.717, 1.165) is 4.88 Å². The molecule has 0 saturated carbocycles. The van der Waals surface area contributed by atoms with Crippen molar-refractivity contribution in [3.05, 3.63) is 57.9 Å². The number of amides is 1. The molecule has 5 nitrogen and oxygen atoms in total. The first-order valence-electron chi connectivity index (χ1n) is 7.28. The van der Waals surface area contributed by atoms with E-state index in [4.69, 9.17) is 17.0 Å². The first-order chi connectivity index (χ1) is 11.6. The molecule has 1 amide bonds. The number of nitrogens with zero attached hydrogens (tertiary/aromatic N) is 1. The van der Waals surface area contributed by atoms with E-state index in [2.05, 4.69) is 5.32 Å². The Morgan fingerprint density at radius 3 is 2.71 bits per heavy atom. The van der Waals surface area contributed by atoms with Crippen LogP contribution in [0.5, 0.6) is 0 Å². The van der Waals surface area contributed by atoms with Crippen molar-refractivity contribution in [3.63, 3.8) is 0 Å². The summed E-state index contributed by atoms with van der Waals surface area (Å²) in [6.07, 6.45) is 1.77. The zero-order valence-corrected chi connectivity index (χ0v) is 14.4. The van der Waals surface area contributed by atoms with Crippen LogP contribution < -0.4 is 10.2 Å². The fourth-order valence-corrected chi connectivity index (χ4v) is 3.20. The number of hydrogen-bond donors (Lipinski definition) is 1. The van der Waals surface area contributed by atoms with Crippen LogP contribution >= 0.6 is 23.6 Å². The number of ether oxygens (including phenoxy) is 1. The Kier molecular flexibility index (Phi) is 4.73. The summed E-state index contributed by atoms with van der Waals surface area (Å²) in [6, 6.07) is 10.4. The minimum absolute atomic E-state index is 0.225. The molecule has 0 spiro atoms. The Bertz CT molecular complexity index is 811. The molecule has 7 heteroatoms. The van der Waals surface area contributed by atoms with Crippen molar-refractivity contribution in [2.24, 2.45) is 0 Å². The Labute approximate surface area is 148 Å². The standard InChI is InChI=1S/C17H14N2O3S2/c1-2-22-16(21)11-5-7-12(8-6-11)19-15(20)14(18-17(19)23)10-13-4-3-9-24-13/h3-10H,2H2,1H3,(H,18,23). The van der Waals surface area contributed by atoms with E-state index in [1.54, 1.807) is 37.3 Å². The number of benzene rings is 1. The first-order valence-corrected chi connectivity index (χ1v) is 8.56. The number of hydrogen-bond acceptors (Lipinski definition) is 5. The highest BCUT2D eigenvalue weighted by atomic mass is 32.1. The van der Waals surface area contributed by atoms with Gasteiger partial charge in [0.15, 0.2) is 5.11 Å². The van der Waals surface area contributed by atoms with Gasteiger partial charge in [-0.3, -0.25) is 9.69 Å². The first kappa shape index (κ1) is 16.4. The third-order valence-electron chi connectivity index (χ3n) is 3.34. The average molecular weight is 358 g/mol. The van der Waals surface area contributed by atoms with Crippen LogP contribution in [0.4, 0.5) is 5.69 Å². The maximum Gasteiger partial charge on any atom is 0.338 e. The van der Waals surface area contributed by atoms with Crippen LogP contribution in [-0.4, -0.2) is 23.6 Å². The van der Waals surface area contributed by atoms with Gasteiger partial charge in [0, 0.05) is 4.88 Å². The summed E-state index contributed by atoms with van der Waals surface area (Å²) in [6.45, 7) is 2.07. The molecule has 1 aliphatic heterocycles. The van der Waals surface area contributed by atoms with Gasteiger partial charge in [0.25, 0.3) is 5.91 Å². The molecule has 0 bridgehead atoms. The number of carbonyl (C=O) groups excluding carboxylic acids is 2. The van der Waals surface area contributed by atoms with Gasteiger partial charge in [-0.05, 0) is 60.9 Å². The lowest BCUT2D eigenvalue weighted by Gasteiger charge is -2.14. The van der Waals surface area contributed by atoms with Gasteiger partial charge in [0.1, 0.15) is 5.70 Å². The van der Waals surface area contributed by atoms with Gasteiger partial charge in [-0.2, -0.15) is 0 Å². The third kappa shape index (κ3) is 3.22. The highest BCUT2D eigenvalue weighted by Gasteiger charge is 2.32. The quantitative estimate of drug-likeness (QED) is 0.517. The van der Waals surface area contributed by atoms with E-state index in [0.29, 0.717) is 28.7 Å². The lowest BCUT2D eigenvalue weighted by Crippen LogP contribution is -2.30. The second-order valence-electron chi connectivity index (χ2n) is 4.91. The molecule has 2 heterocycles. The minimum Gasteiger partial charge on any atom is -0.462 e. The summed E-state index contributed by atoms with van der Waals surface area (Å²) >= 11 is 6.80. The van der Waals surface area contributed by atoms with E-state index >= 15 is 0 Å². The van der Waals surface area contributed by atoms with E-state index in [9.17, 15) is 9.59 Å². The van der Waals surface area contributed by atoms with Crippen LogP contribution in [0.25, 0.3) is 6.08 Å². The lowest BCUT2D eigenvalue weighted by atomic mass is 10.2. The van der Waals surface area contributed by atoms with Gasteiger partial charge >= 0.3 is 5.97 Å². The smallest absolute Gasteiger partial charge is 0.338 e. The molecule has 0 atom stereocenters. The number of carbonyl (C=O) groups is 2. The molecule has 1 saturated heterocycles. The van der Waals surface area contributed by atoms with Crippen molar-refractivity contribution < 1.29 is 14.3 Å². The van der Waals surface area contributed by atoms with Crippen molar-refractivity contribution in [2.75, 3.05) is 11.5 Å². The summed E-state index contributed by atoms with van der Waals surface area (Å²) in [5, 5.41) is 5.18. The maximum atomic E-state index is 12.6. The molecule has 3 rings (SSSR count). The van der Waals surface area contributed by atoms with Crippen molar-refractivity contribution in [2.45, 2.75) is 6.92 Å². The Morgan fingerprint density at radius 2 is 2.08 bits per heavy atom. The molecular weight excluding hydrogens is 344 g/mol. The molecule has 0 radical (unpaired) electrons. The molecule has 1 aliphatic rings.